The molecule has 0 radical (unpaired) electrons. The highest BCUT2D eigenvalue weighted by Gasteiger charge is 2.27. The monoisotopic (exact) mass is 429 g/mol. The van der Waals surface area contributed by atoms with Crippen molar-refractivity contribution in [3.05, 3.63) is 84.3 Å². The number of rotatable bonds is 6. The molecule has 1 aromatic heterocycles. The molecule has 2 amide bonds. The second-order valence-electron chi connectivity index (χ2n) is 8.02. The number of carbonyl (C=O) groups excluding carboxylic acids is 2. The highest BCUT2D eigenvalue weighted by molar-refractivity contribution is 6.04. The molecule has 2 heterocycles. The highest BCUT2D eigenvalue weighted by atomic mass is 16.2. The molecule has 0 aliphatic carbocycles. The summed E-state index contributed by atoms with van der Waals surface area (Å²) in [5, 5.41) is 6.06. The zero-order valence-corrected chi connectivity index (χ0v) is 18.1. The van der Waals surface area contributed by atoms with Crippen LogP contribution in [-0.2, 0) is 4.79 Å². The Morgan fingerprint density at radius 1 is 1.09 bits per heavy atom. The lowest BCUT2D eigenvalue weighted by Gasteiger charge is -2.33. The van der Waals surface area contributed by atoms with Crippen LogP contribution in [0.15, 0.2) is 73.2 Å². The quantitative estimate of drug-likeness (QED) is 0.622. The summed E-state index contributed by atoms with van der Waals surface area (Å²) in [6.45, 7) is 3.46. The van der Waals surface area contributed by atoms with E-state index >= 15 is 0 Å². The molecule has 2 unspecified atom stereocenters. The van der Waals surface area contributed by atoms with Crippen LogP contribution < -0.4 is 15.5 Å². The maximum Gasteiger partial charge on any atom is 0.255 e. The summed E-state index contributed by atoms with van der Waals surface area (Å²) in [6, 6.07) is 16.5. The summed E-state index contributed by atoms with van der Waals surface area (Å²) in [5.74, 6) is 0.574. The molecule has 164 valence electrons. The minimum absolute atomic E-state index is 0.0322. The molecule has 0 bridgehead atoms. The van der Waals surface area contributed by atoms with Crippen molar-refractivity contribution in [2.45, 2.75) is 25.8 Å². The first-order valence-electron chi connectivity index (χ1n) is 10.9. The second-order valence-corrected chi connectivity index (χ2v) is 8.02. The molecule has 7 nitrogen and oxygen atoms in total. The summed E-state index contributed by atoms with van der Waals surface area (Å²) in [4.78, 5) is 36.0. The molecule has 0 spiro atoms. The predicted molar refractivity (Wildman–Crippen MR) is 124 cm³/mol. The fourth-order valence-corrected chi connectivity index (χ4v) is 3.95. The van der Waals surface area contributed by atoms with Gasteiger partial charge in [0.25, 0.3) is 5.91 Å². The summed E-state index contributed by atoms with van der Waals surface area (Å²) < 4.78 is 0. The van der Waals surface area contributed by atoms with Crippen LogP contribution in [0.1, 0.15) is 41.7 Å². The maximum atomic E-state index is 13.0. The van der Waals surface area contributed by atoms with E-state index in [1.807, 2.05) is 49.4 Å². The summed E-state index contributed by atoms with van der Waals surface area (Å²) in [5.41, 5.74) is 2.24. The smallest absolute Gasteiger partial charge is 0.255 e. The predicted octanol–water partition coefficient (Wildman–Crippen LogP) is 3.82. The fourth-order valence-electron chi connectivity index (χ4n) is 3.95. The van der Waals surface area contributed by atoms with Crippen LogP contribution in [0, 0.1) is 5.92 Å². The van der Waals surface area contributed by atoms with Crippen molar-refractivity contribution in [1.82, 2.24) is 15.3 Å². The van der Waals surface area contributed by atoms with E-state index in [-0.39, 0.29) is 23.8 Å². The number of benzene rings is 2. The highest BCUT2D eigenvalue weighted by Crippen LogP contribution is 2.23. The van der Waals surface area contributed by atoms with Gasteiger partial charge in [-0.1, -0.05) is 30.3 Å². The summed E-state index contributed by atoms with van der Waals surface area (Å²) >= 11 is 0. The third-order valence-electron chi connectivity index (χ3n) is 5.70. The SMILES string of the molecule is CC(NC(=O)C1CCCN(c2cnccn2)C1)c1cccc(NC(=O)c2ccccc2)c1. The third-order valence-corrected chi connectivity index (χ3v) is 5.70. The van der Waals surface area contributed by atoms with Crippen LogP contribution in [0.4, 0.5) is 11.5 Å². The van der Waals surface area contributed by atoms with E-state index < -0.39 is 0 Å². The topological polar surface area (TPSA) is 87.2 Å². The number of nitrogens with zero attached hydrogens (tertiary/aromatic N) is 3. The molecule has 32 heavy (non-hydrogen) atoms. The molecule has 1 saturated heterocycles. The zero-order chi connectivity index (χ0) is 22.3. The van der Waals surface area contributed by atoms with Gasteiger partial charge in [0.05, 0.1) is 18.2 Å². The molecule has 0 saturated carbocycles. The Bertz CT molecular complexity index is 1060. The molecule has 2 atom stereocenters. The largest absolute Gasteiger partial charge is 0.355 e. The number of carbonyl (C=O) groups is 2. The number of hydrogen-bond acceptors (Lipinski definition) is 5. The minimum atomic E-state index is -0.178. The van der Waals surface area contributed by atoms with Crippen molar-refractivity contribution in [2.24, 2.45) is 5.92 Å². The Morgan fingerprint density at radius 2 is 1.94 bits per heavy atom. The van der Waals surface area contributed by atoms with Gasteiger partial charge in [0.2, 0.25) is 5.91 Å². The van der Waals surface area contributed by atoms with Gasteiger partial charge in [-0.25, -0.2) is 4.98 Å². The average Bonchev–Trinajstić information content (AvgIpc) is 2.85. The molecular formula is C25H27N5O2. The lowest BCUT2D eigenvalue weighted by atomic mass is 9.96. The van der Waals surface area contributed by atoms with E-state index in [2.05, 4.69) is 25.5 Å². The standard InChI is InChI=1S/C25H27N5O2/c1-18(20-9-5-11-22(15-20)29-24(31)19-7-3-2-4-8-19)28-25(32)21-10-6-14-30(17-21)23-16-26-12-13-27-23/h2-5,7-9,11-13,15-16,18,21H,6,10,14,17H2,1H3,(H,28,32)(H,29,31). The Hall–Kier alpha value is -3.74. The van der Waals surface area contributed by atoms with Crippen molar-refractivity contribution < 1.29 is 9.59 Å². The van der Waals surface area contributed by atoms with Crippen molar-refractivity contribution in [3.8, 4) is 0 Å². The van der Waals surface area contributed by atoms with Gasteiger partial charge >= 0.3 is 0 Å². The Kier molecular flexibility index (Phi) is 6.75. The molecule has 7 heteroatoms. The number of anilines is 2. The first-order chi connectivity index (χ1) is 15.6. The normalized spacial score (nSPS) is 16.8. The molecule has 1 aliphatic heterocycles. The van der Waals surface area contributed by atoms with Gasteiger partial charge in [-0.05, 0) is 49.6 Å². The van der Waals surface area contributed by atoms with E-state index in [0.29, 0.717) is 17.8 Å². The Balaban J connectivity index is 1.37. The first-order valence-corrected chi connectivity index (χ1v) is 10.9. The van der Waals surface area contributed by atoms with Gasteiger partial charge in [0.15, 0.2) is 0 Å². The summed E-state index contributed by atoms with van der Waals surface area (Å²) in [6.07, 6.45) is 6.84. The molecule has 4 rings (SSSR count). The number of piperidine rings is 1. The number of nitrogens with one attached hydrogen (secondary N) is 2. The van der Waals surface area contributed by atoms with Gasteiger partial charge in [0.1, 0.15) is 5.82 Å². The van der Waals surface area contributed by atoms with Crippen LogP contribution in [-0.4, -0.2) is 34.9 Å². The molecular weight excluding hydrogens is 402 g/mol. The summed E-state index contributed by atoms with van der Waals surface area (Å²) in [7, 11) is 0. The van der Waals surface area contributed by atoms with Gasteiger partial charge in [-0.2, -0.15) is 0 Å². The van der Waals surface area contributed by atoms with E-state index in [9.17, 15) is 9.59 Å². The van der Waals surface area contributed by atoms with Gasteiger partial charge in [-0.15, -0.1) is 0 Å². The zero-order valence-electron chi connectivity index (χ0n) is 18.1. The number of aromatic nitrogens is 2. The van der Waals surface area contributed by atoms with Crippen LogP contribution in [0.25, 0.3) is 0 Å². The minimum Gasteiger partial charge on any atom is -0.355 e. The van der Waals surface area contributed by atoms with Crippen LogP contribution in [0.5, 0.6) is 0 Å². The van der Waals surface area contributed by atoms with E-state index in [4.69, 9.17) is 0 Å². The van der Waals surface area contributed by atoms with Crippen molar-refractivity contribution >= 4 is 23.3 Å². The second kappa shape index (κ2) is 10.0. The molecule has 3 aromatic rings. The van der Waals surface area contributed by atoms with Crippen LogP contribution in [0.2, 0.25) is 0 Å². The number of amides is 2. The lowest BCUT2D eigenvalue weighted by Crippen LogP contribution is -2.44. The molecule has 1 fully saturated rings. The van der Waals surface area contributed by atoms with Crippen molar-refractivity contribution in [3.63, 3.8) is 0 Å². The fraction of sp³-hybridized carbons (Fsp3) is 0.280. The maximum absolute atomic E-state index is 13.0. The molecule has 1 aliphatic rings. The van der Waals surface area contributed by atoms with Gasteiger partial charge in [0, 0.05) is 36.7 Å². The van der Waals surface area contributed by atoms with E-state index in [1.165, 1.54) is 0 Å². The van der Waals surface area contributed by atoms with E-state index in [0.717, 1.165) is 30.8 Å². The lowest BCUT2D eigenvalue weighted by molar-refractivity contribution is -0.125. The van der Waals surface area contributed by atoms with Gasteiger partial charge < -0.3 is 15.5 Å². The first kappa shape index (κ1) is 21.5. The van der Waals surface area contributed by atoms with Gasteiger partial charge in [-0.3, -0.25) is 14.6 Å². The average molecular weight is 430 g/mol. The van der Waals surface area contributed by atoms with Crippen LogP contribution >= 0.6 is 0 Å². The van der Waals surface area contributed by atoms with Crippen LogP contribution in [0.3, 0.4) is 0 Å². The third kappa shape index (κ3) is 5.29. The van der Waals surface area contributed by atoms with E-state index in [1.54, 1.807) is 30.7 Å². The van der Waals surface area contributed by atoms with Crippen molar-refractivity contribution in [1.29, 1.82) is 0 Å². The number of hydrogen-bond donors (Lipinski definition) is 2. The molecule has 2 aromatic carbocycles. The Labute approximate surface area is 187 Å². The van der Waals surface area contributed by atoms with Crippen molar-refractivity contribution in [2.75, 3.05) is 23.3 Å². The molecule has 2 N–H and O–H groups in total. The Morgan fingerprint density at radius 3 is 2.72 bits per heavy atom.